The standard InChI is InChI=1S/C12H16N2O4/c1-6-4-14(11(18)13-10(6)17)8-2-9(16)12(5-15)3-7(8)12/h4,7-9,15-16H,2-3,5H2,1H3,(H,13,17,18)/t7-,8?,9+,12+/m1/s1. The lowest BCUT2D eigenvalue weighted by molar-refractivity contribution is 0.0599. The first-order valence-electron chi connectivity index (χ1n) is 6.10. The number of nitrogens with zero attached hydrogens (tertiary/aromatic N) is 1. The molecule has 2 fully saturated rings. The Labute approximate surface area is 103 Å². The molecule has 0 bridgehead atoms. The quantitative estimate of drug-likeness (QED) is 0.639. The summed E-state index contributed by atoms with van der Waals surface area (Å²) < 4.78 is 1.50. The van der Waals surface area contributed by atoms with Crippen LogP contribution >= 0.6 is 0 Å². The van der Waals surface area contributed by atoms with Gasteiger partial charge in [0, 0.05) is 23.2 Å². The third-order valence-corrected chi connectivity index (χ3v) is 4.57. The number of aliphatic hydroxyl groups excluding tert-OH is 2. The summed E-state index contributed by atoms with van der Waals surface area (Å²) in [6, 6.07) is -0.129. The summed E-state index contributed by atoms with van der Waals surface area (Å²) in [6.45, 7) is 1.60. The van der Waals surface area contributed by atoms with Crippen LogP contribution in [0.15, 0.2) is 15.8 Å². The summed E-state index contributed by atoms with van der Waals surface area (Å²) in [5.41, 5.74) is -0.762. The van der Waals surface area contributed by atoms with Crippen molar-refractivity contribution in [3.05, 3.63) is 32.6 Å². The van der Waals surface area contributed by atoms with Crippen LogP contribution < -0.4 is 11.2 Å². The maximum Gasteiger partial charge on any atom is 0.328 e. The van der Waals surface area contributed by atoms with Crippen LogP contribution in [0, 0.1) is 18.3 Å². The summed E-state index contributed by atoms with van der Waals surface area (Å²) in [6.07, 6.45) is 2.16. The van der Waals surface area contributed by atoms with Gasteiger partial charge < -0.3 is 10.2 Å². The van der Waals surface area contributed by atoms with Crippen LogP contribution in [0.3, 0.4) is 0 Å². The Morgan fingerprint density at radius 1 is 1.56 bits per heavy atom. The van der Waals surface area contributed by atoms with Crippen molar-refractivity contribution in [2.24, 2.45) is 11.3 Å². The van der Waals surface area contributed by atoms with Gasteiger partial charge in [-0.05, 0) is 25.7 Å². The minimum absolute atomic E-state index is 0.0492. The fourth-order valence-electron chi connectivity index (χ4n) is 3.31. The second kappa shape index (κ2) is 3.55. The zero-order chi connectivity index (χ0) is 13.1. The number of rotatable bonds is 2. The van der Waals surface area contributed by atoms with Crippen LogP contribution in [0.25, 0.3) is 0 Å². The third kappa shape index (κ3) is 1.36. The average Bonchev–Trinajstić information content (AvgIpc) is 3.01. The van der Waals surface area contributed by atoms with Gasteiger partial charge in [0.2, 0.25) is 0 Å². The Morgan fingerprint density at radius 3 is 2.83 bits per heavy atom. The Kier molecular flexibility index (Phi) is 2.30. The number of aryl methyl sites for hydroxylation is 1. The highest BCUT2D eigenvalue weighted by atomic mass is 16.3. The zero-order valence-corrected chi connectivity index (χ0v) is 10.1. The van der Waals surface area contributed by atoms with E-state index >= 15 is 0 Å². The second-order valence-corrected chi connectivity index (χ2v) is 5.50. The first-order valence-corrected chi connectivity index (χ1v) is 6.10. The fourth-order valence-corrected chi connectivity index (χ4v) is 3.31. The number of nitrogens with one attached hydrogen (secondary N) is 1. The van der Waals surface area contributed by atoms with E-state index in [0.717, 1.165) is 6.42 Å². The van der Waals surface area contributed by atoms with Crippen molar-refractivity contribution in [2.45, 2.75) is 31.9 Å². The molecule has 0 spiro atoms. The van der Waals surface area contributed by atoms with Gasteiger partial charge in [-0.25, -0.2) is 4.79 Å². The molecule has 2 aliphatic carbocycles. The summed E-state index contributed by atoms with van der Waals surface area (Å²) in [5.74, 6) is 0.125. The molecule has 4 atom stereocenters. The molecule has 98 valence electrons. The van der Waals surface area contributed by atoms with Gasteiger partial charge in [-0.15, -0.1) is 0 Å². The Morgan fingerprint density at radius 2 is 2.28 bits per heavy atom. The molecule has 0 amide bonds. The van der Waals surface area contributed by atoms with Crippen LogP contribution in [-0.4, -0.2) is 32.5 Å². The predicted octanol–water partition coefficient (Wildman–Crippen LogP) is -0.851. The van der Waals surface area contributed by atoms with Crippen molar-refractivity contribution >= 4 is 0 Å². The normalized spacial score (nSPS) is 37.6. The molecule has 2 saturated carbocycles. The van der Waals surface area contributed by atoms with E-state index in [9.17, 15) is 19.8 Å². The van der Waals surface area contributed by atoms with Gasteiger partial charge in [0.1, 0.15) is 0 Å². The van der Waals surface area contributed by atoms with E-state index in [2.05, 4.69) is 4.98 Å². The summed E-state index contributed by atoms with van der Waals surface area (Å²) in [5, 5.41) is 19.4. The van der Waals surface area contributed by atoms with E-state index in [1.807, 2.05) is 0 Å². The van der Waals surface area contributed by atoms with Crippen molar-refractivity contribution in [3.8, 4) is 0 Å². The Balaban J connectivity index is 2.02. The van der Waals surface area contributed by atoms with E-state index < -0.39 is 17.2 Å². The molecule has 0 saturated heterocycles. The molecule has 18 heavy (non-hydrogen) atoms. The van der Waals surface area contributed by atoms with Crippen molar-refractivity contribution in [2.75, 3.05) is 6.61 Å². The first-order chi connectivity index (χ1) is 8.49. The average molecular weight is 252 g/mol. The van der Waals surface area contributed by atoms with Crippen molar-refractivity contribution in [1.82, 2.24) is 9.55 Å². The van der Waals surface area contributed by atoms with Crippen LogP contribution in [0.2, 0.25) is 0 Å². The highest BCUT2D eigenvalue weighted by Crippen LogP contribution is 2.66. The smallest absolute Gasteiger partial charge is 0.328 e. The lowest BCUT2D eigenvalue weighted by Gasteiger charge is -2.17. The zero-order valence-electron chi connectivity index (χ0n) is 10.1. The second-order valence-electron chi connectivity index (χ2n) is 5.50. The molecule has 6 nitrogen and oxygen atoms in total. The highest BCUT2D eigenvalue weighted by molar-refractivity contribution is 5.17. The molecule has 2 aliphatic rings. The summed E-state index contributed by atoms with van der Waals surface area (Å²) in [4.78, 5) is 25.4. The number of aromatic nitrogens is 2. The van der Waals surface area contributed by atoms with E-state index in [1.54, 1.807) is 13.1 Å². The summed E-state index contributed by atoms with van der Waals surface area (Å²) >= 11 is 0. The first kappa shape index (κ1) is 11.7. The molecule has 3 N–H and O–H groups in total. The highest BCUT2D eigenvalue weighted by Gasteiger charge is 2.67. The fraction of sp³-hybridized carbons (Fsp3) is 0.667. The van der Waals surface area contributed by atoms with Gasteiger partial charge in [-0.1, -0.05) is 0 Å². The van der Waals surface area contributed by atoms with Gasteiger partial charge in [0.05, 0.1) is 12.7 Å². The molecule has 0 aliphatic heterocycles. The largest absolute Gasteiger partial charge is 0.396 e. The maximum atomic E-state index is 11.8. The Bertz CT molecular complexity index is 605. The molecular formula is C12H16N2O4. The van der Waals surface area contributed by atoms with Crippen molar-refractivity contribution < 1.29 is 10.2 Å². The number of aliphatic hydroxyl groups is 2. The molecule has 0 aromatic carbocycles. The SMILES string of the molecule is Cc1cn(C2C[C@H](O)[C@]3(CO)C[C@H]23)c(=O)[nH]c1=O. The number of aromatic amines is 1. The molecule has 1 unspecified atom stereocenters. The molecule has 0 radical (unpaired) electrons. The van der Waals surface area contributed by atoms with Gasteiger partial charge in [-0.3, -0.25) is 14.3 Å². The van der Waals surface area contributed by atoms with E-state index in [-0.39, 0.29) is 24.1 Å². The van der Waals surface area contributed by atoms with E-state index in [4.69, 9.17) is 0 Å². The monoisotopic (exact) mass is 252 g/mol. The maximum absolute atomic E-state index is 11.8. The molecule has 6 heteroatoms. The molecular weight excluding hydrogens is 236 g/mol. The Hall–Kier alpha value is -1.40. The third-order valence-electron chi connectivity index (χ3n) is 4.57. The predicted molar refractivity (Wildman–Crippen MR) is 63.3 cm³/mol. The van der Waals surface area contributed by atoms with E-state index in [1.165, 1.54) is 4.57 Å². The number of hydrogen-bond donors (Lipinski definition) is 3. The molecule has 1 aromatic heterocycles. The van der Waals surface area contributed by atoms with Gasteiger partial charge in [-0.2, -0.15) is 0 Å². The van der Waals surface area contributed by atoms with Gasteiger partial charge >= 0.3 is 5.69 Å². The van der Waals surface area contributed by atoms with E-state index in [0.29, 0.717) is 12.0 Å². The van der Waals surface area contributed by atoms with Crippen LogP contribution in [0.5, 0.6) is 0 Å². The van der Waals surface area contributed by atoms with Crippen LogP contribution in [-0.2, 0) is 0 Å². The lowest BCUT2D eigenvalue weighted by atomic mass is 10.0. The molecule has 3 rings (SSSR count). The minimum Gasteiger partial charge on any atom is -0.396 e. The lowest BCUT2D eigenvalue weighted by Crippen LogP contribution is -2.33. The minimum atomic E-state index is -0.573. The molecule has 1 aromatic rings. The topological polar surface area (TPSA) is 95.3 Å². The van der Waals surface area contributed by atoms with Crippen LogP contribution in [0.4, 0.5) is 0 Å². The number of H-pyrrole nitrogens is 1. The van der Waals surface area contributed by atoms with Gasteiger partial charge in [0.25, 0.3) is 5.56 Å². The number of fused-ring (bicyclic) bond motifs is 1. The van der Waals surface area contributed by atoms with Crippen LogP contribution in [0.1, 0.15) is 24.4 Å². The van der Waals surface area contributed by atoms with Crippen molar-refractivity contribution in [3.63, 3.8) is 0 Å². The summed E-state index contributed by atoms with van der Waals surface area (Å²) in [7, 11) is 0. The molecule has 1 heterocycles. The number of hydrogen-bond acceptors (Lipinski definition) is 4. The van der Waals surface area contributed by atoms with Crippen molar-refractivity contribution in [1.29, 1.82) is 0 Å². The van der Waals surface area contributed by atoms with Gasteiger partial charge in [0.15, 0.2) is 0 Å².